The lowest BCUT2D eigenvalue weighted by Crippen LogP contribution is -2.59. The summed E-state index contributed by atoms with van der Waals surface area (Å²) in [4.78, 5) is 13.1. The number of esters is 1. The largest absolute Gasteiger partial charge is 0.458 e. The first kappa shape index (κ1) is 31.2. The van der Waals surface area contributed by atoms with Crippen molar-refractivity contribution in [3.8, 4) is 0 Å². The van der Waals surface area contributed by atoms with Crippen LogP contribution in [0.25, 0.3) is 0 Å². The van der Waals surface area contributed by atoms with E-state index in [2.05, 4.69) is 48.5 Å². The lowest BCUT2D eigenvalue weighted by atomic mass is 9.41. The Kier molecular flexibility index (Phi) is 6.94. The van der Waals surface area contributed by atoms with E-state index in [1.165, 1.54) is 38.5 Å². The Balaban J connectivity index is 1.15. The third kappa shape index (κ3) is 3.90. The number of carbonyl (C=O) groups excluding carboxylic acids is 1. The van der Waals surface area contributed by atoms with Gasteiger partial charge >= 0.3 is 5.97 Å². The molecule has 1 heterocycles. The zero-order chi connectivity index (χ0) is 31.6. The number of ether oxygens (including phenoxy) is 4. The highest BCUT2D eigenvalue weighted by atomic mass is 16.6. The number of hydrogen-bond acceptors (Lipinski definition) is 5. The van der Waals surface area contributed by atoms with Crippen LogP contribution >= 0.6 is 0 Å². The summed E-state index contributed by atoms with van der Waals surface area (Å²) in [6.45, 7) is 16.8. The zero-order valence-electron chi connectivity index (χ0n) is 29.0. The fourth-order valence-electron chi connectivity index (χ4n) is 13.3. The average molecular weight is 607 g/mol. The first-order chi connectivity index (χ1) is 20.6. The normalized spacial score (nSPS) is 48.9. The second-order valence-corrected chi connectivity index (χ2v) is 17.8. The fourth-order valence-corrected chi connectivity index (χ4v) is 13.3. The van der Waals surface area contributed by atoms with Crippen LogP contribution in [0.15, 0.2) is 30.3 Å². The SMILES string of the molecule is COC1CC2(C)C3CCC4C(C)(C)C(OC(=O)c5ccccc5)CCC45CC35CCC2(C)C1C1(C)CCC(C(C)(C)OC)O1. The van der Waals surface area contributed by atoms with Crippen molar-refractivity contribution in [3.05, 3.63) is 35.9 Å². The van der Waals surface area contributed by atoms with E-state index < -0.39 is 0 Å². The number of rotatable bonds is 6. The fraction of sp³-hybridized carbons (Fsp3) is 0.821. The molecule has 11 atom stereocenters. The maximum atomic E-state index is 13.1. The summed E-state index contributed by atoms with van der Waals surface area (Å²) in [6.07, 6.45) is 12.2. The molecule has 244 valence electrons. The van der Waals surface area contributed by atoms with Gasteiger partial charge in [-0.1, -0.05) is 45.9 Å². The molecule has 1 aliphatic heterocycles. The maximum absolute atomic E-state index is 13.1. The predicted octanol–water partition coefficient (Wildman–Crippen LogP) is 8.64. The highest BCUT2D eigenvalue weighted by Crippen LogP contribution is 2.89. The van der Waals surface area contributed by atoms with Crippen molar-refractivity contribution >= 4 is 5.97 Å². The number of hydrogen-bond donors (Lipinski definition) is 0. The molecular weight excluding hydrogens is 548 g/mol. The summed E-state index contributed by atoms with van der Waals surface area (Å²) < 4.78 is 25.8. The second kappa shape index (κ2) is 9.80. The Morgan fingerprint density at radius 3 is 2.20 bits per heavy atom. The van der Waals surface area contributed by atoms with Crippen molar-refractivity contribution in [2.45, 2.75) is 142 Å². The van der Waals surface area contributed by atoms with Crippen LogP contribution in [0.3, 0.4) is 0 Å². The molecule has 0 radical (unpaired) electrons. The third-order valence-corrected chi connectivity index (χ3v) is 15.8. The van der Waals surface area contributed by atoms with Crippen molar-refractivity contribution in [3.63, 3.8) is 0 Å². The van der Waals surface area contributed by atoms with Gasteiger partial charge in [0.15, 0.2) is 0 Å². The van der Waals surface area contributed by atoms with Crippen LogP contribution in [0, 0.1) is 44.8 Å². The summed E-state index contributed by atoms with van der Waals surface area (Å²) in [6, 6.07) is 9.54. The average Bonchev–Trinajstić information content (AvgIpc) is 3.37. The van der Waals surface area contributed by atoms with Crippen molar-refractivity contribution in [1.29, 1.82) is 0 Å². The maximum Gasteiger partial charge on any atom is 0.338 e. The van der Waals surface area contributed by atoms with Crippen LogP contribution < -0.4 is 0 Å². The van der Waals surface area contributed by atoms with E-state index in [1.807, 2.05) is 44.6 Å². The molecule has 0 N–H and O–H groups in total. The van der Waals surface area contributed by atoms with Gasteiger partial charge in [-0.25, -0.2) is 4.79 Å². The lowest BCUT2D eigenvalue weighted by molar-refractivity contribution is -0.200. The highest BCUT2D eigenvalue weighted by Gasteiger charge is 2.83. The van der Waals surface area contributed by atoms with Crippen LogP contribution in [0.5, 0.6) is 0 Å². The summed E-state index contributed by atoms with van der Waals surface area (Å²) in [7, 11) is 3.76. The molecule has 5 saturated carbocycles. The Morgan fingerprint density at radius 2 is 1.52 bits per heavy atom. The van der Waals surface area contributed by atoms with Crippen molar-refractivity contribution in [1.82, 2.24) is 0 Å². The van der Waals surface area contributed by atoms with Gasteiger partial charge in [-0.2, -0.15) is 0 Å². The van der Waals surface area contributed by atoms with E-state index in [0.717, 1.165) is 25.7 Å². The highest BCUT2D eigenvalue weighted by molar-refractivity contribution is 5.89. The van der Waals surface area contributed by atoms with Gasteiger partial charge in [0.2, 0.25) is 0 Å². The van der Waals surface area contributed by atoms with Gasteiger partial charge in [-0.15, -0.1) is 0 Å². The van der Waals surface area contributed by atoms with Gasteiger partial charge in [0.25, 0.3) is 0 Å². The number of fused-ring (bicyclic) bond motifs is 2. The van der Waals surface area contributed by atoms with Crippen molar-refractivity contribution in [2.75, 3.05) is 14.2 Å². The van der Waals surface area contributed by atoms with E-state index in [1.54, 1.807) is 0 Å². The minimum Gasteiger partial charge on any atom is -0.458 e. The summed E-state index contributed by atoms with van der Waals surface area (Å²) >= 11 is 0. The van der Waals surface area contributed by atoms with E-state index in [9.17, 15) is 4.79 Å². The van der Waals surface area contributed by atoms with E-state index in [-0.39, 0.29) is 51.7 Å². The van der Waals surface area contributed by atoms with Crippen LogP contribution in [0.1, 0.15) is 123 Å². The zero-order valence-corrected chi connectivity index (χ0v) is 29.0. The van der Waals surface area contributed by atoms with Crippen LogP contribution in [-0.4, -0.2) is 49.7 Å². The van der Waals surface area contributed by atoms with Gasteiger partial charge in [0.1, 0.15) is 6.10 Å². The molecule has 6 fully saturated rings. The molecule has 0 aromatic heterocycles. The van der Waals surface area contributed by atoms with Gasteiger partial charge in [0, 0.05) is 25.6 Å². The second-order valence-electron chi connectivity index (χ2n) is 17.8. The first-order valence-corrected chi connectivity index (χ1v) is 17.7. The number of benzene rings is 1. The molecule has 2 spiro atoms. The summed E-state index contributed by atoms with van der Waals surface area (Å²) in [5.41, 5.74) is 1.32. The minimum absolute atomic E-state index is 0.0260. The Hall–Kier alpha value is -1.43. The molecule has 5 heteroatoms. The Labute approximate surface area is 266 Å². The van der Waals surface area contributed by atoms with Gasteiger partial charge < -0.3 is 18.9 Å². The molecule has 1 aromatic rings. The minimum atomic E-state index is -0.292. The van der Waals surface area contributed by atoms with Gasteiger partial charge in [-0.3, -0.25) is 0 Å². The standard InChI is InChI=1S/C39H58O5/c1-33(2)27-15-16-28-36(6)23-26(41-8)31(37(7)19-17-30(44-37)34(3,4)42-9)35(36,5)21-22-39(28)24-38(27,39)20-18-29(33)43-32(40)25-13-11-10-12-14-25/h10-14,26-31H,15-24H2,1-9H3. The van der Waals surface area contributed by atoms with Gasteiger partial charge in [0.05, 0.1) is 29.0 Å². The number of methoxy groups -OCH3 is 2. The van der Waals surface area contributed by atoms with Crippen molar-refractivity contribution in [2.24, 2.45) is 44.8 Å². The van der Waals surface area contributed by atoms with E-state index in [0.29, 0.717) is 34.1 Å². The molecule has 44 heavy (non-hydrogen) atoms. The number of carbonyl (C=O) groups is 1. The van der Waals surface area contributed by atoms with Crippen LogP contribution in [-0.2, 0) is 18.9 Å². The van der Waals surface area contributed by atoms with Crippen molar-refractivity contribution < 1.29 is 23.7 Å². The molecule has 5 aliphatic carbocycles. The monoisotopic (exact) mass is 606 g/mol. The molecule has 1 aromatic carbocycles. The summed E-state index contributed by atoms with van der Waals surface area (Å²) in [5.74, 6) is 1.52. The molecule has 0 bridgehead atoms. The quantitative estimate of drug-likeness (QED) is 0.304. The van der Waals surface area contributed by atoms with Crippen LogP contribution in [0.2, 0.25) is 0 Å². The van der Waals surface area contributed by atoms with Gasteiger partial charge in [-0.05, 0) is 131 Å². The molecule has 7 rings (SSSR count). The molecule has 0 amide bonds. The Bertz CT molecular complexity index is 1290. The summed E-state index contributed by atoms with van der Waals surface area (Å²) in [5, 5.41) is 0. The topological polar surface area (TPSA) is 54.0 Å². The predicted molar refractivity (Wildman–Crippen MR) is 172 cm³/mol. The third-order valence-electron chi connectivity index (χ3n) is 15.8. The molecule has 1 saturated heterocycles. The first-order valence-electron chi connectivity index (χ1n) is 17.7. The Morgan fingerprint density at radius 1 is 0.841 bits per heavy atom. The van der Waals surface area contributed by atoms with E-state index >= 15 is 0 Å². The molecular formula is C39H58O5. The molecule has 11 unspecified atom stereocenters. The molecule has 5 nitrogen and oxygen atoms in total. The molecule has 6 aliphatic rings. The van der Waals surface area contributed by atoms with E-state index in [4.69, 9.17) is 18.9 Å². The smallest absolute Gasteiger partial charge is 0.338 e. The lowest BCUT2D eigenvalue weighted by Gasteiger charge is -2.63. The van der Waals surface area contributed by atoms with Crippen LogP contribution in [0.4, 0.5) is 0 Å².